The first-order chi connectivity index (χ1) is 8.58. The van der Waals surface area contributed by atoms with Crippen molar-refractivity contribution in [3.63, 3.8) is 0 Å². The fraction of sp³-hybridized carbons (Fsp3) is 0.273. The zero-order valence-electron chi connectivity index (χ0n) is 9.03. The number of aromatic nitrogens is 2. The van der Waals surface area contributed by atoms with Crippen molar-refractivity contribution < 1.29 is 8.78 Å². The zero-order valence-corrected chi connectivity index (χ0v) is 11.4. The highest BCUT2D eigenvalue weighted by Gasteiger charge is 2.48. The Hall–Kier alpha value is -1.08. The van der Waals surface area contributed by atoms with Gasteiger partial charge in [0.15, 0.2) is 0 Å². The highest BCUT2D eigenvalue weighted by molar-refractivity contribution is 9.10. The van der Waals surface area contributed by atoms with Gasteiger partial charge in [-0.15, -0.1) is 0 Å². The molecule has 3 rings (SSSR count). The van der Waals surface area contributed by atoms with Crippen LogP contribution < -0.4 is 5.32 Å². The van der Waals surface area contributed by atoms with Crippen molar-refractivity contribution in [2.24, 2.45) is 0 Å². The normalized spacial score (nSPS) is 20.7. The maximum absolute atomic E-state index is 14.0. The van der Waals surface area contributed by atoms with Crippen LogP contribution in [0, 0.1) is 0 Å². The number of anilines is 1. The molecule has 1 aliphatic rings. The summed E-state index contributed by atoms with van der Waals surface area (Å²) < 4.78 is 32.6. The van der Waals surface area contributed by atoms with Gasteiger partial charge in [0.25, 0.3) is 5.92 Å². The fourth-order valence-electron chi connectivity index (χ4n) is 2.14. The van der Waals surface area contributed by atoms with Crippen LogP contribution in [0.1, 0.15) is 17.2 Å². The minimum Gasteiger partial charge on any atom is -0.348 e. The summed E-state index contributed by atoms with van der Waals surface area (Å²) in [6.45, 7) is 0. The monoisotopic (exact) mass is 331 g/mol. The Labute approximate surface area is 115 Å². The topological polar surface area (TPSA) is 37.8 Å². The van der Waals surface area contributed by atoms with Gasteiger partial charge in [-0.3, -0.25) is 0 Å². The minimum absolute atomic E-state index is 0.264. The lowest BCUT2D eigenvalue weighted by molar-refractivity contribution is -0.00712. The molecule has 1 atom stereocenters. The van der Waals surface area contributed by atoms with Crippen molar-refractivity contribution in [2.75, 3.05) is 5.32 Å². The molecule has 18 heavy (non-hydrogen) atoms. The average molecular weight is 332 g/mol. The molecule has 2 aromatic rings. The van der Waals surface area contributed by atoms with Crippen LogP contribution in [0.15, 0.2) is 29.0 Å². The first-order valence-corrected chi connectivity index (χ1v) is 6.83. The SMILES string of the molecule is FC1(F)Cc2c(Br)cccc2C1Nc1ncns1. The van der Waals surface area contributed by atoms with Crippen LogP contribution in [0.4, 0.5) is 13.9 Å². The highest BCUT2D eigenvalue weighted by atomic mass is 79.9. The summed E-state index contributed by atoms with van der Waals surface area (Å²) in [7, 11) is 0. The Bertz CT molecular complexity index is 574. The van der Waals surface area contributed by atoms with E-state index in [1.165, 1.54) is 6.33 Å². The molecular formula is C11H8BrF2N3S. The van der Waals surface area contributed by atoms with Crippen LogP contribution in [0.25, 0.3) is 0 Å². The molecule has 0 radical (unpaired) electrons. The van der Waals surface area contributed by atoms with Crippen molar-refractivity contribution >= 4 is 32.6 Å². The molecule has 0 amide bonds. The summed E-state index contributed by atoms with van der Waals surface area (Å²) in [6.07, 6.45) is 1.09. The first-order valence-electron chi connectivity index (χ1n) is 5.26. The lowest BCUT2D eigenvalue weighted by Gasteiger charge is -2.20. The van der Waals surface area contributed by atoms with Crippen LogP contribution in [0.2, 0.25) is 0 Å². The highest BCUT2D eigenvalue weighted by Crippen LogP contribution is 2.47. The largest absolute Gasteiger partial charge is 0.348 e. The number of halogens is 3. The Balaban J connectivity index is 2.01. The van der Waals surface area contributed by atoms with Gasteiger partial charge in [0.1, 0.15) is 12.4 Å². The number of hydrogen-bond donors (Lipinski definition) is 1. The molecule has 1 aliphatic carbocycles. The van der Waals surface area contributed by atoms with Crippen molar-refractivity contribution in [1.29, 1.82) is 0 Å². The number of rotatable bonds is 2. The van der Waals surface area contributed by atoms with Gasteiger partial charge < -0.3 is 5.32 Å². The molecule has 1 N–H and O–H groups in total. The van der Waals surface area contributed by atoms with Gasteiger partial charge in [0, 0.05) is 22.4 Å². The van der Waals surface area contributed by atoms with Gasteiger partial charge in [-0.25, -0.2) is 13.8 Å². The van der Waals surface area contributed by atoms with Gasteiger partial charge in [-0.2, -0.15) is 4.37 Å². The van der Waals surface area contributed by atoms with Crippen LogP contribution in [-0.2, 0) is 6.42 Å². The standard InChI is InChI=1S/C11H8BrF2N3S/c12-8-3-1-2-6-7(8)4-11(13,14)9(6)17-10-15-5-16-18-10/h1-3,5,9H,4H2,(H,15,16,17). The number of hydrogen-bond acceptors (Lipinski definition) is 4. The fourth-order valence-corrected chi connectivity index (χ4v) is 3.12. The maximum Gasteiger partial charge on any atom is 0.276 e. The second-order valence-electron chi connectivity index (χ2n) is 4.07. The summed E-state index contributed by atoms with van der Waals surface area (Å²) >= 11 is 4.39. The zero-order chi connectivity index (χ0) is 12.8. The second kappa shape index (κ2) is 4.24. The van der Waals surface area contributed by atoms with Gasteiger partial charge >= 0.3 is 0 Å². The molecule has 1 unspecified atom stereocenters. The molecule has 94 valence electrons. The van der Waals surface area contributed by atoms with E-state index < -0.39 is 12.0 Å². The molecular weight excluding hydrogens is 324 g/mol. The van der Waals surface area contributed by atoms with Crippen molar-refractivity contribution in [3.8, 4) is 0 Å². The average Bonchev–Trinajstić information content (AvgIpc) is 2.89. The van der Waals surface area contributed by atoms with E-state index in [2.05, 4.69) is 30.6 Å². The molecule has 1 aromatic heterocycles. The Morgan fingerprint density at radius 3 is 3.00 bits per heavy atom. The predicted molar refractivity (Wildman–Crippen MR) is 69.1 cm³/mol. The molecule has 0 saturated carbocycles. The van der Waals surface area contributed by atoms with Crippen LogP contribution in [-0.4, -0.2) is 15.3 Å². The Morgan fingerprint density at radius 1 is 1.44 bits per heavy atom. The maximum atomic E-state index is 14.0. The second-order valence-corrected chi connectivity index (χ2v) is 5.70. The van der Waals surface area contributed by atoms with Gasteiger partial charge in [-0.1, -0.05) is 28.1 Å². The van der Waals surface area contributed by atoms with Crippen molar-refractivity contribution in [1.82, 2.24) is 9.36 Å². The van der Waals surface area contributed by atoms with E-state index in [1.807, 2.05) is 0 Å². The lowest BCUT2D eigenvalue weighted by Crippen LogP contribution is -2.28. The summed E-state index contributed by atoms with van der Waals surface area (Å²) in [6, 6.07) is 4.22. The molecule has 0 spiro atoms. The first kappa shape index (κ1) is 12.0. The van der Waals surface area contributed by atoms with Crippen LogP contribution in [0.5, 0.6) is 0 Å². The molecule has 0 fully saturated rings. The third-order valence-electron chi connectivity index (χ3n) is 2.93. The van der Waals surface area contributed by atoms with E-state index in [0.717, 1.165) is 16.0 Å². The predicted octanol–water partition coefficient (Wildman–Crippen LogP) is 3.65. The number of nitrogens with one attached hydrogen (secondary N) is 1. The van der Waals surface area contributed by atoms with E-state index in [1.54, 1.807) is 18.2 Å². The molecule has 1 heterocycles. The third kappa shape index (κ3) is 1.91. The van der Waals surface area contributed by atoms with Gasteiger partial charge in [0.05, 0.1) is 0 Å². The van der Waals surface area contributed by atoms with Gasteiger partial charge in [-0.05, 0) is 17.2 Å². The summed E-state index contributed by atoms with van der Waals surface area (Å²) in [4.78, 5) is 3.89. The van der Waals surface area contributed by atoms with Crippen LogP contribution in [0.3, 0.4) is 0 Å². The molecule has 0 aliphatic heterocycles. The van der Waals surface area contributed by atoms with Crippen molar-refractivity contribution in [2.45, 2.75) is 18.4 Å². The van der Waals surface area contributed by atoms with Gasteiger partial charge in [0.2, 0.25) is 5.13 Å². The number of alkyl halides is 2. The van der Waals surface area contributed by atoms with E-state index in [-0.39, 0.29) is 6.42 Å². The molecule has 3 nitrogen and oxygen atoms in total. The minimum atomic E-state index is -2.82. The lowest BCUT2D eigenvalue weighted by atomic mass is 10.1. The Morgan fingerprint density at radius 2 is 2.28 bits per heavy atom. The summed E-state index contributed by atoms with van der Waals surface area (Å²) in [5.74, 6) is -2.82. The third-order valence-corrected chi connectivity index (χ3v) is 4.27. The molecule has 7 heteroatoms. The Kier molecular flexibility index (Phi) is 2.82. The van der Waals surface area contributed by atoms with E-state index >= 15 is 0 Å². The molecule has 1 aromatic carbocycles. The number of benzene rings is 1. The quantitative estimate of drug-likeness (QED) is 0.912. The smallest absolute Gasteiger partial charge is 0.276 e. The summed E-state index contributed by atoms with van der Waals surface area (Å²) in [5.41, 5.74) is 1.27. The number of fused-ring (bicyclic) bond motifs is 1. The van der Waals surface area contributed by atoms with E-state index in [0.29, 0.717) is 16.3 Å². The molecule has 0 saturated heterocycles. The molecule has 0 bridgehead atoms. The van der Waals surface area contributed by atoms with Crippen molar-refractivity contribution in [3.05, 3.63) is 40.1 Å². The van der Waals surface area contributed by atoms with E-state index in [9.17, 15) is 8.78 Å². The van der Waals surface area contributed by atoms with Crippen LogP contribution >= 0.6 is 27.5 Å². The number of nitrogens with zero attached hydrogens (tertiary/aromatic N) is 2. The summed E-state index contributed by atoms with van der Waals surface area (Å²) in [5, 5.41) is 3.18. The van der Waals surface area contributed by atoms with E-state index in [4.69, 9.17) is 0 Å².